The molecule has 1 aliphatic heterocycles. The van der Waals surface area contributed by atoms with Crippen LogP contribution in [0.4, 0.5) is 0 Å². The van der Waals surface area contributed by atoms with Crippen molar-refractivity contribution in [3.8, 4) is 0 Å². The number of ether oxygens (including phenoxy) is 2. The number of Topliss-reactive ketones (excluding diaryl/α,β-unsaturated/α-hetero) is 2. The summed E-state index contributed by atoms with van der Waals surface area (Å²) >= 11 is 0. The molecule has 0 N–H and O–H groups in total. The Morgan fingerprint density at radius 2 is 1.44 bits per heavy atom. The number of ketones is 2. The lowest BCUT2D eigenvalue weighted by atomic mass is 9.89. The number of amides is 2. The zero-order valence-electron chi connectivity index (χ0n) is 16.6. The van der Waals surface area contributed by atoms with Gasteiger partial charge in [-0.3, -0.25) is 24.1 Å². The zero-order valence-corrected chi connectivity index (χ0v) is 16.6. The molecule has 0 atom stereocenters. The Hall–Kier alpha value is -1.86. The van der Waals surface area contributed by atoms with Crippen LogP contribution in [-0.4, -0.2) is 61.3 Å². The maximum Gasteiger partial charge on any atom is 0.253 e. The molecule has 152 valence electrons. The van der Waals surface area contributed by atoms with Crippen LogP contribution in [-0.2, 0) is 28.7 Å². The quantitative estimate of drug-likeness (QED) is 0.338. The fourth-order valence-electron chi connectivity index (χ4n) is 2.57. The van der Waals surface area contributed by atoms with Crippen LogP contribution in [0.5, 0.6) is 0 Å². The fraction of sp³-hybridized carbons (Fsp3) is 0.700. The van der Waals surface area contributed by atoms with Gasteiger partial charge in [-0.05, 0) is 11.8 Å². The minimum absolute atomic E-state index is 0.000268. The van der Waals surface area contributed by atoms with E-state index in [4.69, 9.17) is 9.47 Å². The van der Waals surface area contributed by atoms with Gasteiger partial charge >= 0.3 is 0 Å². The summed E-state index contributed by atoms with van der Waals surface area (Å²) in [6, 6.07) is 0. The topological polar surface area (TPSA) is 90.0 Å². The second kappa shape index (κ2) is 11.8. The van der Waals surface area contributed by atoms with E-state index in [1.165, 1.54) is 12.2 Å². The summed E-state index contributed by atoms with van der Waals surface area (Å²) in [4.78, 5) is 47.2. The highest BCUT2D eigenvalue weighted by atomic mass is 16.5. The first kappa shape index (κ1) is 23.2. The second-order valence-electron chi connectivity index (χ2n) is 7.80. The molecule has 1 heterocycles. The van der Waals surface area contributed by atoms with Gasteiger partial charge < -0.3 is 9.47 Å². The molecule has 7 heteroatoms. The summed E-state index contributed by atoms with van der Waals surface area (Å²) in [5, 5.41) is 0. The van der Waals surface area contributed by atoms with Crippen LogP contribution in [0, 0.1) is 5.41 Å². The maximum atomic E-state index is 11.8. The standard InChI is InChI=1S/C20H31NO6/c1-20(2,3)15-17(23)9-12-27-14-13-26-11-4-5-16(22)8-10-21-18(24)6-7-19(21)25/h6-7H,4-5,8-15H2,1-3H3. The Morgan fingerprint density at radius 3 is 2.04 bits per heavy atom. The predicted molar refractivity (Wildman–Crippen MR) is 100 cm³/mol. The average Bonchev–Trinajstić information content (AvgIpc) is 2.88. The number of carbonyl (C=O) groups is 4. The summed E-state index contributed by atoms with van der Waals surface area (Å²) in [7, 11) is 0. The highest BCUT2D eigenvalue weighted by Gasteiger charge is 2.23. The molecular weight excluding hydrogens is 350 g/mol. The predicted octanol–water partition coefficient (Wildman–Crippen LogP) is 2.08. The van der Waals surface area contributed by atoms with Crippen LogP contribution < -0.4 is 0 Å². The van der Waals surface area contributed by atoms with E-state index in [-0.39, 0.29) is 41.8 Å². The highest BCUT2D eigenvalue weighted by Crippen LogP contribution is 2.19. The van der Waals surface area contributed by atoms with Crippen molar-refractivity contribution in [3.05, 3.63) is 12.2 Å². The van der Waals surface area contributed by atoms with Crippen LogP contribution in [0.2, 0.25) is 0 Å². The summed E-state index contributed by atoms with van der Waals surface area (Å²) < 4.78 is 10.8. The van der Waals surface area contributed by atoms with Crippen molar-refractivity contribution < 1.29 is 28.7 Å². The number of rotatable bonds is 14. The third kappa shape index (κ3) is 10.8. The van der Waals surface area contributed by atoms with Crippen molar-refractivity contribution in [2.24, 2.45) is 5.41 Å². The Labute approximate surface area is 161 Å². The Balaban J connectivity index is 1.92. The minimum atomic E-state index is -0.365. The van der Waals surface area contributed by atoms with Crippen molar-refractivity contribution in [3.63, 3.8) is 0 Å². The molecule has 0 aromatic carbocycles. The molecule has 1 rings (SSSR count). The van der Waals surface area contributed by atoms with Gasteiger partial charge in [-0.15, -0.1) is 0 Å². The van der Waals surface area contributed by atoms with Gasteiger partial charge in [0, 0.05) is 51.0 Å². The summed E-state index contributed by atoms with van der Waals surface area (Å²) in [6.45, 7) is 7.92. The molecule has 0 spiro atoms. The van der Waals surface area contributed by atoms with Crippen LogP contribution >= 0.6 is 0 Å². The van der Waals surface area contributed by atoms with Gasteiger partial charge in [0.25, 0.3) is 11.8 Å². The summed E-state index contributed by atoms with van der Waals surface area (Å²) in [5.41, 5.74) is 0.00799. The maximum absolute atomic E-state index is 11.8. The van der Waals surface area contributed by atoms with Crippen molar-refractivity contribution in [1.82, 2.24) is 4.90 Å². The molecule has 2 amide bonds. The van der Waals surface area contributed by atoms with E-state index >= 15 is 0 Å². The number of nitrogens with zero attached hydrogens (tertiary/aromatic N) is 1. The van der Waals surface area contributed by atoms with Crippen LogP contribution in [0.1, 0.15) is 52.9 Å². The lowest BCUT2D eigenvalue weighted by molar-refractivity contribution is -0.137. The van der Waals surface area contributed by atoms with Gasteiger partial charge in [0.1, 0.15) is 11.6 Å². The molecule has 0 saturated carbocycles. The summed E-state index contributed by atoms with van der Waals surface area (Å²) in [6.07, 6.45) is 4.51. The number of hydrogen-bond acceptors (Lipinski definition) is 6. The Bertz CT molecular complexity index is 543. The van der Waals surface area contributed by atoms with Crippen LogP contribution in [0.25, 0.3) is 0 Å². The molecule has 0 radical (unpaired) electrons. The van der Waals surface area contributed by atoms with Gasteiger partial charge in [-0.1, -0.05) is 20.8 Å². The van der Waals surface area contributed by atoms with Gasteiger partial charge in [0.05, 0.1) is 19.8 Å². The van der Waals surface area contributed by atoms with E-state index in [1.807, 2.05) is 20.8 Å². The molecule has 27 heavy (non-hydrogen) atoms. The van der Waals surface area contributed by atoms with Crippen molar-refractivity contribution >= 4 is 23.4 Å². The SMILES string of the molecule is CC(C)(C)CC(=O)CCOCCOCCCC(=O)CCN1C(=O)C=CC1=O. The van der Waals surface area contributed by atoms with E-state index in [0.717, 1.165) is 4.90 Å². The first-order chi connectivity index (χ1) is 12.7. The first-order valence-corrected chi connectivity index (χ1v) is 9.41. The van der Waals surface area contributed by atoms with Gasteiger partial charge in [0.15, 0.2) is 0 Å². The monoisotopic (exact) mass is 381 g/mol. The lowest BCUT2D eigenvalue weighted by Gasteiger charge is -2.16. The van der Waals surface area contributed by atoms with E-state index in [2.05, 4.69) is 0 Å². The number of carbonyl (C=O) groups excluding carboxylic acids is 4. The van der Waals surface area contributed by atoms with Crippen LogP contribution in [0.15, 0.2) is 12.2 Å². The van der Waals surface area contributed by atoms with E-state index in [0.29, 0.717) is 52.1 Å². The largest absolute Gasteiger partial charge is 0.379 e. The van der Waals surface area contributed by atoms with Crippen molar-refractivity contribution in [1.29, 1.82) is 0 Å². The van der Waals surface area contributed by atoms with Crippen molar-refractivity contribution in [2.75, 3.05) is 33.0 Å². The van der Waals surface area contributed by atoms with E-state index in [1.54, 1.807) is 0 Å². The Kier molecular flexibility index (Phi) is 10.1. The van der Waals surface area contributed by atoms with E-state index in [9.17, 15) is 19.2 Å². The smallest absolute Gasteiger partial charge is 0.253 e. The normalized spacial score (nSPS) is 14.3. The molecule has 1 aliphatic rings. The van der Waals surface area contributed by atoms with Crippen LogP contribution in [0.3, 0.4) is 0 Å². The molecule has 0 saturated heterocycles. The third-order valence-corrected chi connectivity index (χ3v) is 3.88. The van der Waals surface area contributed by atoms with Crippen molar-refractivity contribution in [2.45, 2.75) is 52.9 Å². The minimum Gasteiger partial charge on any atom is -0.379 e. The molecule has 0 aromatic rings. The second-order valence-corrected chi connectivity index (χ2v) is 7.80. The molecule has 0 unspecified atom stereocenters. The molecule has 0 bridgehead atoms. The van der Waals surface area contributed by atoms with Gasteiger partial charge in [-0.25, -0.2) is 0 Å². The third-order valence-electron chi connectivity index (χ3n) is 3.88. The zero-order chi connectivity index (χ0) is 20.3. The Morgan fingerprint density at radius 1 is 0.852 bits per heavy atom. The first-order valence-electron chi connectivity index (χ1n) is 9.41. The fourth-order valence-corrected chi connectivity index (χ4v) is 2.57. The molecule has 7 nitrogen and oxygen atoms in total. The molecule has 0 aromatic heterocycles. The molecular formula is C20H31NO6. The highest BCUT2D eigenvalue weighted by molar-refractivity contribution is 6.13. The summed E-state index contributed by atoms with van der Waals surface area (Å²) in [5.74, 6) is -0.526. The lowest BCUT2D eigenvalue weighted by Crippen LogP contribution is -2.32. The molecule has 0 fully saturated rings. The number of hydrogen-bond donors (Lipinski definition) is 0. The van der Waals surface area contributed by atoms with E-state index < -0.39 is 0 Å². The molecule has 0 aliphatic carbocycles. The van der Waals surface area contributed by atoms with Gasteiger partial charge in [-0.2, -0.15) is 0 Å². The number of imide groups is 1. The average molecular weight is 381 g/mol. The van der Waals surface area contributed by atoms with Gasteiger partial charge in [0.2, 0.25) is 0 Å².